The first-order chi connectivity index (χ1) is 11.5. The molecule has 6 nitrogen and oxygen atoms in total. The molecule has 1 amide bonds. The highest BCUT2D eigenvalue weighted by molar-refractivity contribution is 6.30. The van der Waals surface area contributed by atoms with Crippen molar-refractivity contribution in [1.29, 1.82) is 0 Å². The largest absolute Gasteiger partial charge is 0.371 e. The zero-order valence-corrected chi connectivity index (χ0v) is 13.6. The number of halogens is 1. The molecule has 1 saturated heterocycles. The van der Waals surface area contributed by atoms with Crippen molar-refractivity contribution < 1.29 is 9.72 Å². The van der Waals surface area contributed by atoms with E-state index in [1.54, 1.807) is 30.3 Å². The van der Waals surface area contributed by atoms with Gasteiger partial charge < -0.3 is 10.2 Å². The summed E-state index contributed by atoms with van der Waals surface area (Å²) >= 11 is 5.84. The molecule has 0 bridgehead atoms. The average molecular weight is 346 g/mol. The average Bonchev–Trinajstić information content (AvgIpc) is 3.10. The number of nitrogens with one attached hydrogen (secondary N) is 1. The van der Waals surface area contributed by atoms with Crippen LogP contribution in [0.2, 0.25) is 5.02 Å². The Morgan fingerprint density at radius 3 is 2.42 bits per heavy atom. The standard InChI is InChI=1S/C17H16ClN3O3/c18-12-3-5-13(6-4-12)19-17(22)15-11-14(21(23)24)7-8-16(15)20-9-1-2-10-20/h3-8,11H,1-2,9-10H2,(H,19,22). The molecule has 0 radical (unpaired) electrons. The number of benzene rings is 2. The molecule has 7 heteroatoms. The molecule has 124 valence electrons. The van der Waals surface area contributed by atoms with E-state index in [-0.39, 0.29) is 11.6 Å². The number of carbonyl (C=O) groups is 1. The van der Waals surface area contributed by atoms with Crippen LogP contribution in [-0.4, -0.2) is 23.9 Å². The number of anilines is 2. The van der Waals surface area contributed by atoms with Gasteiger partial charge in [-0.25, -0.2) is 0 Å². The molecule has 1 N–H and O–H groups in total. The summed E-state index contributed by atoms with van der Waals surface area (Å²) < 4.78 is 0. The number of non-ortho nitro benzene ring substituents is 1. The summed E-state index contributed by atoms with van der Waals surface area (Å²) in [6.07, 6.45) is 2.10. The second-order valence-corrected chi connectivity index (χ2v) is 6.05. The maximum atomic E-state index is 12.7. The fourth-order valence-corrected chi connectivity index (χ4v) is 2.91. The molecular formula is C17H16ClN3O3. The van der Waals surface area contributed by atoms with Gasteiger partial charge in [-0.3, -0.25) is 14.9 Å². The van der Waals surface area contributed by atoms with E-state index >= 15 is 0 Å². The maximum absolute atomic E-state index is 12.7. The molecule has 0 unspecified atom stereocenters. The Morgan fingerprint density at radius 2 is 1.79 bits per heavy atom. The summed E-state index contributed by atoms with van der Waals surface area (Å²) in [4.78, 5) is 25.3. The molecule has 3 rings (SSSR count). The highest BCUT2D eigenvalue weighted by Crippen LogP contribution is 2.29. The second-order valence-electron chi connectivity index (χ2n) is 5.61. The van der Waals surface area contributed by atoms with Gasteiger partial charge in [0.2, 0.25) is 0 Å². The lowest BCUT2D eigenvalue weighted by atomic mass is 10.1. The molecule has 2 aromatic rings. The molecule has 1 fully saturated rings. The van der Waals surface area contributed by atoms with Gasteiger partial charge >= 0.3 is 0 Å². The van der Waals surface area contributed by atoms with Gasteiger partial charge in [0.25, 0.3) is 11.6 Å². The van der Waals surface area contributed by atoms with E-state index in [0.717, 1.165) is 31.6 Å². The van der Waals surface area contributed by atoms with Gasteiger partial charge in [-0.2, -0.15) is 0 Å². The van der Waals surface area contributed by atoms with Crippen LogP contribution in [-0.2, 0) is 0 Å². The summed E-state index contributed by atoms with van der Waals surface area (Å²) in [6.45, 7) is 1.69. The predicted octanol–water partition coefficient (Wildman–Crippen LogP) is 4.10. The van der Waals surface area contributed by atoms with E-state index in [0.29, 0.717) is 16.3 Å². The Labute approximate surface area is 144 Å². The van der Waals surface area contributed by atoms with Crippen LogP contribution in [0, 0.1) is 10.1 Å². The molecule has 0 aromatic heterocycles. The van der Waals surface area contributed by atoms with Crippen LogP contribution in [0.3, 0.4) is 0 Å². The topological polar surface area (TPSA) is 75.5 Å². The van der Waals surface area contributed by atoms with E-state index in [2.05, 4.69) is 10.2 Å². The number of hydrogen-bond acceptors (Lipinski definition) is 4. The molecule has 1 heterocycles. The minimum Gasteiger partial charge on any atom is -0.371 e. The monoisotopic (exact) mass is 345 g/mol. The van der Waals surface area contributed by atoms with Crippen molar-refractivity contribution in [1.82, 2.24) is 0 Å². The van der Waals surface area contributed by atoms with E-state index in [1.807, 2.05) is 0 Å². The summed E-state index contributed by atoms with van der Waals surface area (Å²) in [6, 6.07) is 11.1. The molecule has 0 saturated carbocycles. The number of rotatable bonds is 4. The van der Waals surface area contributed by atoms with Crippen LogP contribution >= 0.6 is 11.6 Å². The quantitative estimate of drug-likeness (QED) is 0.668. The minimum atomic E-state index is -0.493. The number of nitrogens with zero attached hydrogens (tertiary/aromatic N) is 2. The fourth-order valence-electron chi connectivity index (χ4n) is 2.78. The van der Waals surface area contributed by atoms with Crippen LogP contribution in [0.25, 0.3) is 0 Å². The predicted molar refractivity (Wildman–Crippen MR) is 93.9 cm³/mol. The van der Waals surface area contributed by atoms with E-state index in [4.69, 9.17) is 11.6 Å². The Bertz CT molecular complexity index is 771. The van der Waals surface area contributed by atoms with Crippen molar-refractivity contribution in [2.75, 3.05) is 23.3 Å². The summed E-state index contributed by atoms with van der Waals surface area (Å²) in [5.74, 6) is -0.372. The van der Waals surface area contributed by atoms with Crippen LogP contribution in [0.4, 0.5) is 17.1 Å². The smallest absolute Gasteiger partial charge is 0.270 e. The molecule has 2 aromatic carbocycles. The summed E-state index contributed by atoms with van der Waals surface area (Å²) in [5, 5.41) is 14.4. The van der Waals surface area contributed by atoms with Crippen LogP contribution < -0.4 is 10.2 Å². The fraction of sp³-hybridized carbons (Fsp3) is 0.235. The van der Waals surface area contributed by atoms with Gasteiger partial charge in [0.05, 0.1) is 16.2 Å². The molecule has 24 heavy (non-hydrogen) atoms. The Hall–Kier alpha value is -2.60. The Kier molecular flexibility index (Phi) is 4.66. The third-order valence-electron chi connectivity index (χ3n) is 3.98. The third-order valence-corrected chi connectivity index (χ3v) is 4.24. The van der Waals surface area contributed by atoms with Gasteiger partial charge in [0, 0.05) is 35.9 Å². The first kappa shape index (κ1) is 16.3. The van der Waals surface area contributed by atoms with E-state index in [9.17, 15) is 14.9 Å². The zero-order valence-electron chi connectivity index (χ0n) is 12.9. The lowest BCUT2D eigenvalue weighted by molar-refractivity contribution is -0.384. The van der Waals surface area contributed by atoms with Crippen molar-refractivity contribution in [2.24, 2.45) is 0 Å². The minimum absolute atomic E-state index is 0.0980. The van der Waals surface area contributed by atoms with Crippen LogP contribution in [0.5, 0.6) is 0 Å². The summed E-state index contributed by atoms with van der Waals surface area (Å²) in [7, 11) is 0. The van der Waals surface area contributed by atoms with Crippen molar-refractivity contribution in [2.45, 2.75) is 12.8 Å². The van der Waals surface area contributed by atoms with E-state index in [1.165, 1.54) is 12.1 Å². The lowest BCUT2D eigenvalue weighted by Crippen LogP contribution is -2.23. The number of amides is 1. The summed E-state index contributed by atoms with van der Waals surface area (Å²) in [5.41, 5.74) is 1.52. The first-order valence-electron chi connectivity index (χ1n) is 7.65. The van der Waals surface area contributed by atoms with Crippen LogP contribution in [0.1, 0.15) is 23.2 Å². The number of carbonyl (C=O) groups excluding carboxylic acids is 1. The normalized spacial score (nSPS) is 13.8. The Balaban J connectivity index is 1.93. The third kappa shape index (κ3) is 3.49. The van der Waals surface area contributed by atoms with Crippen molar-refractivity contribution in [3.63, 3.8) is 0 Å². The van der Waals surface area contributed by atoms with Gasteiger partial charge in [-0.15, -0.1) is 0 Å². The highest BCUT2D eigenvalue weighted by Gasteiger charge is 2.22. The number of hydrogen-bond donors (Lipinski definition) is 1. The van der Waals surface area contributed by atoms with Gasteiger partial charge in [-0.1, -0.05) is 11.6 Å². The number of nitro benzene ring substituents is 1. The van der Waals surface area contributed by atoms with Crippen molar-refractivity contribution in [3.8, 4) is 0 Å². The van der Waals surface area contributed by atoms with Gasteiger partial charge in [-0.05, 0) is 43.2 Å². The van der Waals surface area contributed by atoms with E-state index < -0.39 is 4.92 Å². The molecule has 1 aliphatic heterocycles. The second kappa shape index (κ2) is 6.88. The SMILES string of the molecule is O=C(Nc1ccc(Cl)cc1)c1cc([N+](=O)[O-])ccc1N1CCCC1. The molecule has 0 atom stereocenters. The van der Waals surface area contributed by atoms with Crippen molar-refractivity contribution in [3.05, 3.63) is 63.2 Å². The Morgan fingerprint density at radius 1 is 1.12 bits per heavy atom. The first-order valence-corrected chi connectivity index (χ1v) is 8.03. The molecule has 0 aliphatic carbocycles. The van der Waals surface area contributed by atoms with Crippen LogP contribution in [0.15, 0.2) is 42.5 Å². The number of nitro groups is 1. The van der Waals surface area contributed by atoms with Crippen molar-refractivity contribution >= 4 is 34.6 Å². The zero-order chi connectivity index (χ0) is 17.1. The molecule has 0 spiro atoms. The van der Waals surface area contributed by atoms with Gasteiger partial charge in [0.15, 0.2) is 0 Å². The lowest BCUT2D eigenvalue weighted by Gasteiger charge is -2.20. The molecular weight excluding hydrogens is 330 g/mol. The molecule has 1 aliphatic rings. The maximum Gasteiger partial charge on any atom is 0.270 e. The highest BCUT2D eigenvalue weighted by atomic mass is 35.5. The van der Waals surface area contributed by atoms with Gasteiger partial charge in [0.1, 0.15) is 0 Å².